The van der Waals surface area contributed by atoms with Crippen molar-refractivity contribution in [3.05, 3.63) is 45.5 Å². The van der Waals surface area contributed by atoms with Crippen LogP contribution in [0.2, 0.25) is 0 Å². The average molecular weight is 329 g/mol. The van der Waals surface area contributed by atoms with Gasteiger partial charge < -0.3 is 9.73 Å². The summed E-state index contributed by atoms with van der Waals surface area (Å²) in [7, 11) is 0. The van der Waals surface area contributed by atoms with Crippen molar-refractivity contribution in [2.75, 3.05) is 5.32 Å². The van der Waals surface area contributed by atoms with Crippen LogP contribution in [0.25, 0.3) is 10.8 Å². The molecule has 1 amide bonds. The van der Waals surface area contributed by atoms with Gasteiger partial charge in [0.25, 0.3) is 5.91 Å². The Morgan fingerprint density at radius 2 is 2.23 bits per heavy atom. The summed E-state index contributed by atoms with van der Waals surface area (Å²) in [4.78, 5) is 18.0. The van der Waals surface area contributed by atoms with Gasteiger partial charge in [-0.3, -0.25) is 4.79 Å². The molecule has 0 atom stereocenters. The Kier molecular flexibility index (Phi) is 3.79. The summed E-state index contributed by atoms with van der Waals surface area (Å²) in [6.07, 6.45) is 3.07. The summed E-state index contributed by atoms with van der Waals surface area (Å²) in [5.74, 6) is 0.359. The number of carbonyl (C=O) groups excluding carboxylic acids is 1. The number of aryl methyl sites for hydroxylation is 1. The van der Waals surface area contributed by atoms with Crippen molar-refractivity contribution in [3.63, 3.8) is 0 Å². The first-order valence-electron chi connectivity index (χ1n) is 6.41. The van der Waals surface area contributed by atoms with Crippen LogP contribution in [0.3, 0.4) is 0 Å². The number of thiazole rings is 1. The predicted molar refractivity (Wildman–Crippen MR) is 86.3 cm³/mol. The molecule has 0 bridgehead atoms. The summed E-state index contributed by atoms with van der Waals surface area (Å²) >= 11 is 2.65. The number of nitriles is 1. The molecule has 3 aromatic rings. The summed E-state index contributed by atoms with van der Waals surface area (Å²) < 4.78 is 5.26. The van der Waals surface area contributed by atoms with E-state index in [-0.39, 0.29) is 5.91 Å². The molecule has 0 aliphatic heterocycles. The molecule has 22 heavy (non-hydrogen) atoms. The van der Waals surface area contributed by atoms with E-state index in [9.17, 15) is 10.1 Å². The molecule has 0 aromatic carbocycles. The third-order valence-electron chi connectivity index (χ3n) is 3.19. The molecule has 0 saturated carbocycles. The Labute approximate surface area is 134 Å². The normalized spacial score (nSPS) is 10.4. The van der Waals surface area contributed by atoms with E-state index in [2.05, 4.69) is 16.4 Å². The van der Waals surface area contributed by atoms with Crippen LogP contribution in [-0.2, 0) is 0 Å². The molecule has 5 nitrogen and oxygen atoms in total. The van der Waals surface area contributed by atoms with Gasteiger partial charge in [-0.15, -0.1) is 22.7 Å². The van der Waals surface area contributed by atoms with Gasteiger partial charge in [0.15, 0.2) is 10.8 Å². The SMILES string of the molecule is Cc1sc(NC(=O)c2cnc(-c3ccco3)s2)c(C#N)c1C. The van der Waals surface area contributed by atoms with Gasteiger partial charge in [-0.2, -0.15) is 5.26 Å². The van der Waals surface area contributed by atoms with Gasteiger partial charge in [0, 0.05) is 4.88 Å². The summed E-state index contributed by atoms with van der Waals surface area (Å²) in [5, 5.41) is 13.2. The fraction of sp³-hybridized carbons (Fsp3) is 0.133. The highest BCUT2D eigenvalue weighted by Crippen LogP contribution is 2.33. The lowest BCUT2D eigenvalue weighted by Gasteiger charge is -2.00. The van der Waals surface area contributed by atoms with Crippen molar-refractivity contribution in [2.24, 2.45) is 0 Å². The van der Waals surface area contributed by atoms with Gasteiger partial charge in [-0.1, -0.05) is 0 Å². The molecule has 0 radical (unpaired) electrons. The van der Waals surface area contributed by atoms with E-state index >= 15 is 0 Å². The van der Waals surface area contributed by atoms with Gasteiger partial charge >= 0.3 is 0 Å². The number of furan rings is 1. The maximum atomic E-state index is 12.3. The first-order chi connectivity index (χ1) is 10.6. The first-order valence-corrected chi connectivity index (χ1v) is 8.04. The van der Waals surface area contributed by atoms with E-state index in [1.807, 2.05) is 13.8 Å². The van der Waals surface area contributed by atoms with Crippen LogP contribution in [0.1, 0.15) is 25.7 Å². The topological polar surface area (TPSA) is 78.9 Å². The molecule has 1 N–H and O–H groups in total. The number of thiophene rings is 1. The average Bonchev–Trinajstić information content (AvgIpc) is 3.21. The molecular weight excluding hydrogens is 318 g/mol. The van der Waals surface area contributed by atoms with Crippen LogP contribution in [0, 0.1) is 25.2 Å². The van der Waals surface area contributed by atoms with Crippen molar-refractivity contribution in [3.8, 4) is 16.8 Å². The first kappa shape index (κ1) is 14.5. The van der Waals surface area contributed by atoms with Crippen LogP contribution in [0.15, 0.2) is 29.0 Å². The quantitative estimate of drug-likeness (QED) is 0.781. The lowest BCUT2D eigenvalue weighted by atomic mass is 10.2. The zero-order valence-electron chi connectivity index (χ0n) is 11.8. The molecule has 3 aromatic heterocycles. The van der Waals surface area contributed by atoms with Crippen LogP contribution in [0.5, 0.6) is 0 Å². The maximum Gasteiger partial charge on any atom is 0.268 e. The second-order valence-corrected chi connectivity index (χ2v) is 6.82. The van der Waals surface area contributed by atoms with Crippen LogP contribution >= 0.6 is 22.7 Å². The summed E-state index contributed by atoms with van der Waals surface area (Å²) in [6, 6.07) is 5.70. The van der Waals surface area contributed by atoms with E-state index in [0.717, 1.165) is 10.4 Å². The van der Waals surface area contributed by atoms with Crippen molar-refractivity contribution in [1.29, 1.82) is 5.26 Å². The van der Waals surface area contributed by atoms with Gasteiger partial charge in [0.2, 0.25) is 0 Å². The standard InChI is InChI=1S/C15H11N3O2S2/c1-8-9(2)21-14(10(8)6-16)18-13(19)12-7-17-15(22-12)11-4-3-5-20-11/h3-5,7H,1-2H3,(H,18,19). The molecule has 110 valence electrons. The highest BCUT2D eigenvalue weighted by molar-refractivity contribution is 7.18. The van der Waals surface area contributed by atoms with Crippen LogP contribution in [0.4, 0.5) is 5.00 Å². The second kappa shape index (κ2) is 5.75. The minimum absolute atomic E-state index is 0.270. The van der Waals surface area contributed by atoms with E-state index in [4.69, 9.17) is 4.42 Å². The fourth-order valence-electron chi connectivity index (χ4n) is 1.91. The highest BCUT2D eigenvalue weighted by atomic mass is 32.1. The molecule has 0 fully saturated rings. The van der Waals surface area contributed by atoms with Gasteiger partial charge in [0.05, 0.1) is 18.0 Å². The van der Waals surface area contributed by atoms with Crippen molar-refractivity contribution in [1.82, 2.24) is 4.98 Å². The van der Waals surface area contributed by atoms with E-state index in [1.165, 1.54) is 28.9 Å². The lowest BCUT2D eigenvalue weighted by molar-refractivity contribution is 0.103. The zero-order valence-corrected chi connectivity index (χ0v) is 13.5. The number of carbonyl (C=O) groups is 1. The number of hydrogen-bond donors (Lipinski definition) is 1. The number of hydrogen-bond acceptors (Lipinski definition) is 6. The number of nitrogens with one attached hydrogen (secondary N) is 1. The predicted octanol–water partition coefficient (Wildman–Crippen LogP) is 4.21. The minimum atomic E-state index is -0.270. The summed E-state index contributed by atoms with van der Waals surface area (Å²) in [5.41, 5.74) is 1.43. The van der Waals surface area contributed by atoms with Crippen LogP contribution < -0.4 is 5.32 Å². The number of nitrogens with zero attached hydrogens (tertiary/aromatic N) is 2. The zero-order chi connectivity index (χ0) is 15.7. The third-order valence-corrected chi connectivity index (χ3v) is 5.32. The van der Waals surface area contributed by atoms with Crippen molar-refractivity contribution < 1.29 is 9.21 Å². The van der Waals surface area contributed by atoms with E-state index < -0.39 is 0 Å². The van der Waals surface area contributed by atoms with Crippen molar-refractivity contribution >= 4 is 33.6 Å². The summed E-state index contributed by atoms with van der Waals surface area (Å²) in [6.45, 7) is 3.81. The van der Waals surface area contributed by atoms with Crippen molar-refractivity contribution in [2.45, 2.75) is 13.8 Å². The number of anilines is 1. The molecule has 3 rings (SSSR count). The number of amides is 1. The maximum absolute atomic E-state index is 12.3. The molecular formula is C15H11N3O2S2. The van der Waals surface area contributed by atoms with Gasteiger partial charge in [-0.25, -0.2) is 4.98 Å². The molecule has 0 aliphatic rings. The Bertz CT molecular complexity index is 869. The second-order valence-electron chi connectivity index (χ2n) is 4.56. The highest BCUT2D eigenvalue weighted by Gasteiger charge is 2.18. The molecule has 0 unspecified atom stereocenters. The molecule has 0 saturated heterocycles. The molecule has 0 spiro atoms. The smallest absolute Gasteiger partial charge is 0.268 e. The third kappa shape index (κ3) is 2.54. The Morgan fingerprint density at radius 3 is 2.91 bits per heavy atom. The Hall–Kier alpha value is -2.43. The monoisotopic (exact) mass is 329 g/mol. The van der Waals surface area contributed by atoms with Gasteiger partial charge in [0.1, 0.15) is 15.9 Å². The lowest BCUT2D eigenvalue weighted by Crippen LogP contribution is -2.09. The fourth-order valence-corrected chi connectivity index (χ4v) is 3.69. The largest absolute Gasteiger partial charge is 0.462 e. The minimum Gasteiger partial charge on any atom is -0.462 e. The molecule has 0 aliphatic carbocycles. The van der Waals surface area contributed by atoms with Gasteiger partial charge in [-0.05, 0) is 31.5 Å². The molecule has 7 heteroatoms. The molecule has 3 heterocycles. The van der Waals surface area contributed by atoms with E-state index in [0.29, 0.717) is 26.2 Å². The van der Waals surface area contributed by atoms with Crippen LogP contribution in [-0.4, -0.2) is 10.9 Å². The Balaban J connectivity index is 1.84. The Morgan fingerprint density at radius 1 is 1.41 bits per heavy atom. The number of rotatable bonds is 3. The number of aromatic nitrogens is 1. The van der Waals surface area contributed by atoms with E-state index in [1.54, 1.807) is 18.4 Å².